The van der Waals surface area contributed by atoms with Crippen molar-refractivity contribution in [2.45, 2.75) is 19.8 Å². The summed E-state index contributed by atoms with van der Waals surface area (Å²) in [6.45, 7) is 3.82. The molecule has 1 amide bonds. The van der Waals surface area contributed by atoms with Gasteiger partial charge in [0.1, 0.15) is 5.76 Å². The second kappa shape index (κ2) is 7.03. The van der Waals surface area contributed by atoms with E-state index in [0.29, 0.717) is 5.76 Å². The molecule has 0 atom stereocenters. The SMILES string of the molecule is COc1cc(C(=O)O)cc(NC(=O)c2cc(C(C)C)on2)c1OC. The van der Waals surface area contributed by atoms with Crippen LogP contribution in [0.2, 0.25) is 0 Å². The van der Waals surface area contributed by atoms with E-state index in [9.17, 15) is 14.7 Å². The van der Waals surface area contributed by atoms with E-state index in [-0.39, 0.29) is 34.4 Å². The van der Waals surface area contributed by atoms with E-state index >= 15 is 0 Å². The minimum Gasteiger partial charge on any atom is -0.493 e. The van der Waals surface area contributed by atoms with Crippen LogP contribution in [0.25, 0.3) is 0 Å². The van der Waals surface area contributed by atoms with Crippen molar-refractivity contribution in [1.29, 1.82) is 0 Å². The molecule has 0 saturated carbocycles. The average Bonchev–Trinajstić information content (AvgIpc) is 3.04. The molecule has 0 saturated heterocycles. The number of benzene rings is 1. The number of hydrogen-bond donors (Lipinski definition) is 2. The maximum absolute atomic E-state index is 12.3. The number of carbonyl (C=O) groups excluding carboxylic acids is 1. The number of rotatable bonds is 6. The van der Waals surface area contributed by atoms with Crippen LogP contribution in [0.15, 0.2) is 22.7 Å². The van der Waals surface area contributed by atoms with Crippen molar-refractivity contribution in [1.82, 2.24) is 5.16 Å². The molecule has 2 N–H and O–H groups in total. The fourth-order valence-corrected chi connectivity index (χ4v) is 2.04. The second-order valence-electron chi connectivity index (χ2n) is 5.29. The molecule has 0 aliphatic heterocycles. The molecule has 0 aliphatic carbocycles. The number of carboxylic acid groups (broad SMARTS) is 1. The summed E-state index contributed by atoms with van der Waals surface area (Å²) in [5.74, 6) is -0.643. The zero-order chi connectivity index (χ0) is 17.9. The highest BCUT2D eigenvalue weighted by atomic mass is 16.5. The highest BCUT2D eigenvalue weighted by Crippen LogP contribution is 2.37. The van der Waals surface area contributed by atoms with Crippen LogP contribution in [-0.2, 0) is 0 Å². The van der Waals surface area contributed by atoms with Crippen LogP contribution in [0.3, 0.4) is 0 Å². The highest BCUT2D eigenvalue weighted by Gasteiger charge is 2.20. The van der Waals surface area contributed by atoms with Gasteiger partial charge in [0.25, 0.3) is 5.91 Å². The zero-order valence-electron chi connectivity index (χ0n) is 13.7. The van der Waals surface area contributed by atoms with Gasteiger partial charge >= 0.3 is 5.97 Å². The Hall–Kier alpha value is -3.03. The third-order valence-electron chi connectivity index (χ3n) is 3.30. The minimum atomic E-state index is -1.16. The maximum atomic E-state index is 12.3. The molecule has 8 heteroatoms. The number of nitrogens with one attached hydrogen (secondary N) is 1. The number of ether oxygens (including phenoxy) is 2. The molecule has 0 aliphatic rings. The van der Waals surface area contributed by atoms with E-state index in [1.165, 1.54) is 32.4 Å². The molecule has 1 heterocycles. The van der Waals surface area contributed by atoms with Gasteiger partial charge in [0, 0.05) is 12.0 Å². The molecule has 24 heavy (non-hydrogen) atoms. The van der Waals surface area contributed by atoms with E-state index in [0.717, 1.165) is 0 Å². The van der Waals surface area contributed by atoms with Crippen LogP contribution >= 0.6 is 0 Å². The lowest BCUT2D eigenvalue weighted by Crippen LogP contribution is -2.14. The summed E-state index contributed by atoms with van der Waals surface area (Å²) in [7, 11) is 2.77. The van der Waals surface area contributed by atoms with E-state index in [1.54, 1.807) is 0 Å². The summed E-state index contributed by atoms with van der Waals surface area (Å²) in [6.07, 6.45) is 0. The van der Waals surface area contributed by atoms with Gasteiger partial charge in [-0.15, -0.1) is 0 Å². The Kier molecular flexibility index (Phi) is 5.08. The summed E-state index contributed by atoms with van der Waals surface area (Å²) >= 11 is 0. The van der Waals surface area contributed by atoms with Gasteiger partial charge in [-0.2, -0.15) is 0 Å². The Morgan fingerprint density at radius 3 is 2.42 bits per heavy atom. The Labute approximate surface area is 138 Å². The van der Waals surface area contributed by atoms with E-state index in [1.807, 2.05) is 13.8 Å². The smallest absolute Gasteiger partial charge is 0.335 e. The quantitative estimate of drug-likeness (QED) is 0.835. The summed E-state index contributed by atoms with van der Waals surface area (Å²) in [5, 5.41) is 15.5. The van der Waals surface area contributed by atoms with Crippen LogP contribution in [-0.4, -0.2) is 36.4 Å². The first-order chi connectivity index (χ1) is 11.4. The molecule has 1 aromatic carbocycles. The van der Waals surface area contributed by atoms with Crippen LogP contribution in [0.1, 0.15) is 46.4 Å². The number of anilines is 1. The van der Waals surface area contributed by atoms with E-state index in [4.69, 9.17) is 14.0 Å². The molecule has 0 spiro atoms. The van der Waals surface area contributed by atoms with Crippen molar-refractivity contribution in [3.8, 4) is 11.5 Å². The lowest BCUT2D eigenvalue weighted by molar-refractivity contribution is 0.0696. The average molecular weight is 334 g/mol. The lowest BCUT2D eigenvalue weighted by Gasteiger charge is -2.14. The molecular formula is C16H18N2O6. The molecule has 0 unspecified atom stereocenters. The highest BCUT2D eigenvalue weighted by molar-refractivity contribution is 6.04. The van der Waals surface area contributed by atoms with Crippen molar-refractivity contribution in [2.75, 3.05) is 19.5 Å². The van der Waals surface area contributed by atoms with Crippen LogP contribution in [0.4, 0.5) is 5.69 Å². The van der Waals surface area contributed by atoms with Crippen molar-refractivity contribution in [3.63, 3.8) is 0 Å². The molecule has 8 nitrogen and oxygen atoms in total. The van der Waals surface area contributed by atoms with Crippen LogP contribution in [0.5, 0.6) is 11.5 Å². The molecule has 2 aromatic rings. The molecule has 0 fully saturated rings. The first-order valence-corrected chi connectivity index (χ1v) is 7.14. The van der Waals surface area contributed by atoms with Crippen LogP contribution < -0.4 is 14.8 Å². The van der Waals surface area contributed by atoms with Crippen molar-refractivity contribution >= 4 is 17.6 Å². The Morgan fingerprint density at radius 2 is 1.92 bits per heavy atom. The standard InChI is InChI=1S/C16H18N2O6/c1-8(2)12-7-11(18-24-12)15(19)17-10-5-9(16(20)21)6-13(22-3)14(10)23-4/h5-8H,1-4H3,(H,17,19)(H,20,21). The second-order valence-corrected chi connectivity index (χ2v) is 5.29. The molecular weight excluding hydrogens is 316 g/mol. The van der Waals surface area contributed by atoms with Gasteiger partial charge in [0.05, 0.1) is 25.5 Å². The van der Waals surface area contributed by atoms with Gasteiger partial charge in [-0.05, 0) is 12.1 Å². The zero-order valence-corrected chi connectivity index (χ0v) is 13.7. The summed E-state index contributed by atoms with van der Waals surface area (Å²) in [4.78, 5) is 23.5. The fraction of sp³-hybridized carbons (Fsp3) is 0.312. The van der Waals surface area contributed by atoms with Crippen molar-refractivity contribution in [3.05, 3.63) is 35.2 Å². The van der Waals surface area contributed by atoms with Gasteiger partial charge in [-0.3, -0.25) is 4.79 Å². The third-order valence-corrected chi connectivity index (χ3v) is 3.30. The van der Waals surface area contributed by atoms with Gasteiger partial charge < -0.3 is 24.4 Å². The first kappa shape index (κ1) is 17.3. The first-order valence-electron chi connectivity index (χ1n) is 7.14. The summed E-state index contributed by atoms with van der Waals surface area (Å²) in [6, 6.07) is 4.12. The number of methoxy groups -OCH3 is 2. The number of aromatic carboxylic acids is 1. The third kappa shape index (κ3) is 3.48. The lowest BCUT2D eigenvalue weighted by atomic mass is 10.1. The predicted molar refractivity (Wildman–Crippen MR) is 85.1 cm³/mol. The Bertz CT molecular complexity index is 766. The minimum absolute atomic E-state index is 0.0500. The topological polar surface area (TPSA) is 111 Å². The number of aromatic nitrogens is 1. The summed E-state index contributed by atoms with van der Waals surface area (Å²) in [5.41, 5.74) is 0.194. The Balaban J connectivity index is 2.37. The molecule has 1 aromatic heterocycles. The maximum Gasteiger partial charge on any atom is 0.335 e. The number of amides is 1. The van der Waals surface area contributed by atoms with Crippen LogP contribution in [0, 0.1) is 0 Å². The fourth-order valence-electron chi connectivity index (χ4n) is 2.04. The predicted octanol–water partition coefficient (Wildman–Crippen LogP) is 2.77. The molecule has 0 bridgehead atoms. The van der Waals surface area contributed by atoms with Crippen molar-refractivity contribution in [2.24, 2.45) is 0 Å². The number of hydrogen-bond acceptors (Lipinski definition) is 6. The van der Waals surface area contributed by atoms with E-state index in [2.05, 4.69) is 10.5 Å². The van der Waals surface area contributed by atoms with Gasteiger partial charge in [0.15, 0.2) is 17.2 Å². The van der Waals surface area contributed by atoms with Crippen molar-refractivity contribution < 1.29 is 28.7 Å². The molecule has 2 rings (SSSR count). The number of carbonyl (C=O) groups is 2. The van der Waals surface area contributed by atoms with Gasteiger partial charge in [-0.1, -0.05) is 19.0 Å². The number of carboxylic acids is 1. The number of nitrogens with zero attached hydrogens (tertiary/aromatic N) is 1. The molecule has 0 radical (unpaired) electrons. The van der Waals surface area contributed by atoms with Gasteiger partial charge in [-0.25, -0.2) is 4.79 Å². The normalized spacial score (nSPS) is 10.5. The van der Waals surface area contributed by atoms with E-state index < -0.39 is 11.9 Å². The monoisotopic (exact) mass is 334 g/mol. The summed E-state index contributed by atoms with van der Waals surface area (Å²) < 4.78 is 15.4. The van der Waals surface area contributed by atoms with Gasteiger partial charge in [0.2, 0.25) is 0 Å². The largest absolute Gasteiger partial charge is 0.493 e. The Morgan fingerprint density at radius 1 is 1.21 bits per heavy atom. The molecule has 128 valence electrons.